The van der Waals surface area contributed by atoms with Gasteiger partial charge in [-0.3, -0.25) is 0 Å². The summed E-state index contributed by atoms with van der Waals surface area (Å²) < 4.78 is 11.1. The number of guanidine groups is 1. The summed E-state index contributed by atoms with van der Waals surface area (Å²) in [4.78, 5) is 4.66. The summed E-state index contributed by atoms with van der Waals surface area (Å²) in [5, 5.41) is 6.66. The average Bonchev–Trinajstić information content (AvgIpc) is 3.10. The molecule has 0 spiro atoms. The summed E-state index contributed by atoms with van der Waals surface area (Å²) >= 11 is 0. The smallest absolute Gasteiger partial charge is 0.191 e. The lowest BCUT2D eigenvalue weighted by molar-refractivity contribution is 0.0888. The lowest BCUT2D eigenvalue weighted by Gasteiger charge is -2.12. The third-order valence-corrected chi connectivity index (χ3v) is 4.15. The molecule has 0 radical (unpaired) electrons. The Labute approximate surface area is 145 Å². The molecule has 0 aromatic heterocycles. The van der Waals surface area contributed by atoms with Crippen LogP contribution in [-0.4, -0.2) is 45.5 Å². The molecule has 1 unspecified atom stereocenters. The monoisotopic (exact) mass is 333 g/mol. The van der Waals surface area contributed by atoms with E-state index in [1.54, 1.807) is 0 Å². The van der Waals surface area contributed by atoms with E-state index < -0.39 is 0 Å². The molecule has 1 aromatic rings. The second-order valence-corrected chi connectivity index (χ2v) is 6.21. The first-order valence-corrected chi connectivity index (χ1v) is 9.01. The van der Waals surface area contributed by atoms with Gasteiger partial charge in [0.15, 0.2) is 5.96 Å². The zero-order valence-corrected chi connectivity index (χ0v) is 15.0. The van der Waals surface area contributed by atoms with Crippen LogP contribution in [0.3, 0.4) is 0 Å². The number of hydrogen-bond acceptors (Lipinski definition) is 3. The van der Waals surface area contributed by atoms with Crippen molar-refractivity contribution >= 4 is 5.96 Å². The van der Waals surface area contributed by atoms with Crippen LogP contribution in [-0.2, 0) is 16.0 Å². The Kier molecular flexibility index (Phi) is 8.63. The number of hydrogen-bond donors (Lipinski definition) is 2. The highest BCUT2D eigenvalue weighted by Crippen LogP contribution is 2.12. The molecule has 1 atom stereocenters. The van der Waals surface area contributed by atoms with Crippen LogP contribution in [0.1, 0.15) is 30.9 Å². The highest BCUT2D eigenvalue weighted by molar-refractivity contribution is 5.79. The number of nitrogens with zero attached hydrogens (tertiary/aromatic N) is 1. The Hall–Kier alpha value is -1.59. The first-order chi connectivity index (χ1) is 11.8. The average molecular weight is 333 g/mol. The molecule has 0 bridgehead atoms. The maximum atomic E-state index is 5.72. The number of ether oxygens (including phenoxy) is 2. The first kappa shape index (κ1) is 18.7. The Balaban J connectivity index is 1.64. The first-order valence-electron chi connectivity index (χ1n) is 9.01. The van der Waals surface area contributed by atoms with Crippen molar-refractivity contribution in [2.24, 2.45) is 10.9 Å². The Morgan fingerprint density at radius 1 is 1.33 bits per heavy atom. The van der Waals surface area contributed by atoms with E-state index >= 15 is 0 Å². The van der Waals surface area contributed by atoms with Gasteiger partial charge in [-0.25, -0.2) is 4.99 Å². The fourth-order valence-corrected chi connectivity index (χ4v) is 2.64. The molecule has 24 heavy (non-hydrogen) atoms. The Morgan fingerprint density at radius 3 is 2.96 bits per heavy atom. The van der Waals surface area contributed by atoms with E-state index in [1.807, 2.05) is 0 Å². The van der Waals surface area contributed by atoms with Crippen molar-refractivity contribution in [1.29, 1.82) is 0 Å². The largest absolute Gasteiger partial charge is 0.381 e. The summed E-state index contributed by atoms with van der Waals surface area (Å²) in [6.07, 6.45) is 2.11. The zero-order chi connectivity index (χ0) is 17.0. The number of aryl methyl sites for hydroxylation is 1. The molecule has 2 rings (SSSR count). The molecule has 1 aliphatic heterocycles. The molecule has 1 heterocycles. The van der Waals surface area contributed by atoms with Gasteiger partial charge < -0.3 is 20.1 Å². The van der Waals surface area contributed by atoms with Gasteiger partial charge >= 0.3 is 0 Å². The maximum absolute atomic E-state index is 5.72. The third-order valence-electron chi connectivity index (χ3n) is 4.15. The molecule has 2 N–H and O–H groups in total. The minimum Gasteiger partial charge on any atom is -0.381 e. The molecule has 5 heteroatoms. The normalized spacial score (nSPS) is 17.9. The SMILES string of the molecule is CCNC(=NCc1ccccc1C)NCCCOCC1CCOC1. The molecule has 1 aliphatic rings. The Morgan fingerprint density at radius 2 is 2.21 bits per heavy atom. The molecule has 1 aromatic carbocycles. The molecule has 0 aliphatic carbocycles. The number of nitrogens with one attached hydrogen (secondary N) is 2. The highest BCUT2D eigenvalue weighted by atomic mass is 16.5. The fourth-order valence-electron chi connectivity index (χ4n) is 2.64. The van der Waals surface area contributed by atoms with Gasteiger partial charge in [-0.05, 0) is 37.8 Å². The summed E-state index contributed by atoms with van der Waals surface area (Å²) in [7, 11) is 0. The van der Waals surface area contributed by atoms with Gasteiger partial charge in [-0.1, -0.05) is 24.3 Å². The van der Waals surface area contributed by atoms with Crippen molar-refractivity contribution in [3.8, 4) is 0 Å². The lowest BCUT2D eigenvalue weighted by Crippen LogP contribution is -2.38. The van der Waals surface area contributed by atoms with Crippen LogP contribution in [0, 0.1) is 12.8 Å². The van der Waals surface area contributed by atoms with Crippen molar-refractivity contribution in [2.75, 3.05) is 39.5 Å². The molecule has 134 valence electrons. The predicted molar refractivity (Wildman–Crippen MR) is 98.4 cm³/mol. The number of aliphatic imine (C=N–C) groups is 1. The van der Waals surface area contributed by atoms with E-state index in [9.17, 15) is 0 Å². The maximum Gasteiger partial charge on any atom is 0.191 e. The topological polar surface area (TPSA) is 54.9 Å². The lowest BCUT2D eigenvalue weighted by atomic mass is 10.1. The zero-order valence-electron chi connectivity index (χ0n) is 15.0. The standard InChI is InChI=1S/C19H31N3O2/c1-3-20-19(22-13-18-8-5-4-7-16(18)2)21-10-6-11-23-14-17-9-12-24-15-17/h4-5,7-8,17H,3,6,9-15H2,1-2H3,(H2,20,21,22). The van der Waals surface area contributed by atoms with Crippen molar-refractivity contribution in [2.45, 2.75) is 33.2 Å². The molecule has 0 amide bonds. The van der Waals surface area contributed by atoms with Crippen LogP contribution in [0.4, 0.5) is 0 Å². The molecule has 1 fully saturated rings. The summed E-state index contributed by atoms with van der Waals surface area (Å²) in [5.74, 6) is 1.45. The van der Waals surface area contributed by atoms with Gasteiger partial charge in [0, 0.05) is 32.2 Å². The number of rotatable bonds is 9. The summed E-state index contributed by atoms with van der Waals surface area (Å²) in [5.41, 5.74) is 2.54. The molecular weight excluding hydrogens is 302 g/mol. The van der Waals surface area contributed by atoms with Gasteiger partial charge in [0.05, 0.1) is 19.8 Å². The van der Waals surface area contributed by atoms with Crippen LogP contribution >= 0.6 is 0 Å². The summed E-state index contributed by atoms with van der Waals surface area (Å²) in [6, 6.07) is 8.37. The van der Waals surface area contributed by atoms with Crippen LogP contribution < -0.4 is 10.6 Å². The second kappa shape index (κ2) is 11.0. The van der Waals surface area contributed by atoms with E-state index in [1.165, 1.54) is 11.1 Å². The van der Waals surface area contributed by atoms with Crippen LogP contribution in [0.25, 0.3) is 0 Å². The van der Waals surface area contributed by atoms with Crippen LogP contribution in [0.15, 0.2) is 29.3 Å². The van der Waals surface area contributed by atoms with E-state index in [0.717, 1.165) is 58.3 Å². The van der Waals surface area contributed by atoms with Crippen molar-refractivity contribution in [3.05, 3.63) is 35.4 Å². The molecule has 0 saturated carbocycles. The van der Waals surface area contributed by atoms with E-state index in [-0.39, 0.29) is 0 Å². The molecule has 5 nitrogen and oxygen atoms in total. The van der Waals surface area contributed by atoms with Gasteiger partial charge in [0.2, 0.25) is 0 Å². The van der Waals surface area contributed by atoms with E-state index in [4.69, 9.17) is 9.47 Å². The van der Waals surface area contributed by atoms with Gasteiger partial charge in [-0.15, -0.1) is 0 Å². The van der Waals surface area contributed by atoms with E-state index in [2.05, 4.69) is 53.7 Å². The van der Waals surface area contributed by atoms with Gasteiger partial charge in [0.1, 0.15) is 0 Å². The van der Waals surface area contributed by atoms with Gasteiger partial charge in [0.25, 0.3) is 0 Å². The second-order valence-electron chi connectivity index (χ2n) is 6.21. The minimum absolute atomic E-state index is 0.589. The summed E-state index contributed by atoms with van der Waals surface area (Å²) in [6.45, 7) is 9.96. The highest BCUT2D eigenvalue weighted by Gasteiger charge is 2.15. The van der Waals surface area contributed by atoms with Crippen molar-refractivity contribution in [3.63, 3.8) is 0 Å². The Bertz CT molecular complexity index is 499. The van der Waals surface area contributed by atoms with Crippen LogP contribution in [0.5, 0.6) is 0 Å². The fraction of sp³-hybridized carbons (Fsp3) is 0.632. The number of benzene rings is 1. The minimum atomic E-state index is 0.589. The van der Waals surface area contributed by atoms with E-state index in [0.29, 0.717) is 12.5 Å². The molecular formula is C19H31N3O2. The third kappa shape index (κ3) is 6.89. The van der Waals surface area contributed by atoms with Gasteiger partial charge in [-0.2, -0.15) is 0 Å². The molecule has 1 saturated heterocycles. The predicted octanol–water partition coefficient (Wildman–Crippen LogP) is 2.49. The van der Waals surface area contributed by atoms with Crippen molar-refractivity contribution in [1.82, 2.24) is 10.6 Å². The van der Waals surface area contributed by atoms with Crippen molar-refractivity contribution < 1.29 is 9.47 Å². The quantitative estimate of drug-likeness (QED) is 0.414. The van der Waals surface area contributed by atoms with Crippen LogP contribution in [0.2, 0.25) is 0 Å².